The molecule has 2 nitrogen and oxygen atoms in total. The Bertz CT molecular complexity index is 301. The van der Waals surface area contributed by atoms with Crippen LogP contribution in [0.5, 0.6) is 0 Å². The number of nitrogens with one attached hydrogen (secondary N) is 1. The lowest BCUT2D eigenvalue weighted by Gasteiger charge is -2.17. The molecule has 1 aliphatic rings. The van der Waals surface area contributed by atoms with Gasteiger partial charge in [-0.05, 0) is 43.7 Å². The first-order chi connectivity index (χ1) is 7.29. The number of aromatic nitrogens is 1. The highest BCUT2D eigenvalue weighted by molar-refractivity contribution is 5.36. The molecule has 1 aliphatic carbocycles. The highest BCUT2D eigenvalue weighted by atomic mass is 15.0. The van der Waals surface area contributed by atoms with Crippen molar-refractivity contribution in [3.8, 4) is 0 Å². The number of hydrogen-bond donors (Lipinski definition) is 1. The second-order valence-electron chi connectivity index (χ2n) is 4.60. The van der Waals surface area contributed by atoms with E-state index in [0.29, 0.717) is 6.04 Å². The van der Waals surface area contributed by atoms with Crippen LogP contribution in [0.15, 0.2) is 18.3 Å². The summed E-state index contributed by atoms with van der Waals surface area (Å²) in [5.74, 6) is 1.93. The number of hydrogen-bond acceptors (Lipinski definition) is 2. The maximum absolute atomic E-state index is 4.40. The maximum Gasteiger partial charge on any atom is 0.126 e. The first kappa shape index (κ1) is 10.5. The SMILES string of the molecule is CCCC(Nc1ccc(C)cn1)C1CC1. The smallest absolute Gasteiger partial charge is 0.126 e. The zero-order chi connectivity index (χ0) is 10.7. The Hall–Kier alpha value is -1.05. The Morgan fingerprint density at radius 3 is 2.80 bits per heavy atom. The molecule has 0 bridgehead atoms. The van der Waals surface area contributed by atoms with Gasteiger partial charge in [0.25, 0.3) is 0 Å². The summed E-state index contributed by atoms with van der Waals surface area (Å²) >= 11 is 0. The first-order valence-corrected chi connectivity index (χ1v) is 5.99. The predicted octanol–water partition coefficient (Wildman–Crippen LogP) is 3.38. The summed E-state index contributed by atoms with van der Waals surface area (Å²) in [5, 5.41) is 3.56. The van der Waals surface area contributed by atoms with Crippen molar-refractivity contribution in [2.75, 3.05) is 5.32 Å². The molecule has 15 heavy (non-hydrogen) atoms. The van der Waals surface area contributed by atoms with Gasteiger partial charge in [-0.3, -0.25) is 0 Å². The Morgan fingerprint density at radius 1 is 1.47 bits per heavy atom. The number of pyridine rings is 1. The number of nitrogens with zero attached hydrogens (tertiary/aromatic N) is 1. The minimum Gasteiger partial charge on any atom is -0.367 e. The molecular formula is C13H20N2. The van der Waals surface area contributed by atoms with Gasteiger partial charge in [0.05, 0.1) is 0 Å². The van der Waals surface area contributed by atoms with E-state index in [0.717, 1.165) is 11.7 Å². The first-order valence-electron chi connectivity index (χ1n) is 5.99. The monoisotopic (exact) mass is 204 g/mol. The molecule has 0 radical (unpaired) electrons. The Kier molecular flexibility index (Phi) is 3.24. The topological polar surface area (TPSA) is 24.9 Å². The Balaban J connectivity index is 1.95. The highest BCUT2D eigenvalue weighted by Crippen LogP contribution is 2.35. The van der Waals surface area contributed by atoms with Crippen LogP contribution in [0.25, 0.3) is 0 Å². The molecule has 1 fully saturated rings. The maximum atomic E-state index is 4.40. The van der Waals surface area contributed by atoms with Gasteiger partial charge < -0.3 is 5.32 Å². The van der Waals surface area contributed by atoms with Crippen LogP contribution in [0.1, 0.15) is 38.2 Å². The van der Waals surface area contributed by atoms with Crippen LogP contribution >= 0.6 is 0 Å². The molecule has 0 saturated heterocycles. The van der Waals surface area contributed by atoms with Gasteiger partial charge in [0.1, 0.15) is 5.82 Å². The van der Waals surface area contributed by atoms with Crippen LogP contribution in [0.4, 0.5) is 5.82 Å². The van der Waals surface area contributed by atoms with Gasteiger partial charge in [0.2, 0.25) is 0 Å². The van der Waals surface area contributed by atoms with Gasteiger partial charge in [-0.1, -0.05) is 19.4 Å². The van der Waals surface area contributed by atoms with Gasteiger partial charge >= 0.3 is 0 Å². The van der Waals surface area contributed by atoms with E-state index >= 15 is 0 Å². The van der Waals surface area contributed by atoms with Crippen LogP contribution in [0, 0.1) is 12.8 Å². The molecular weight excluding hydrogens is 184 g/mol. The fourth-order valence-electron chi connectivity index (χ4n) is 1.98. The number of aryl methyl sites for hydroxylation is 1. The second kappa shape index (κ2) is 4.65. The van der Waals surface area contributed by atoms with Gasteiger partial charge in [0, 0.05) is 12.2 Å². The third-order valence-electron chi connectivity index (χ3n) is 3.04. The van der Waals surface area contributed by atoms with Crippen LogP contribution in [-0.2, 0) is 0 Å². The normalized spacial score (nSPS) is 17.5. The molecule has 2 rings (SSSR count). The average Bonchev–Trinajstić information content (AvgIpc) is 3.04. The summed E-state index contributed by atoms with van der Waals surface area (Å²) in [6.45, 7) is 4.32. The molecule has 1 saturated carbocycles. The third kappa shape index (κ3) is 2.95. The molecule has 1 heterocycles. The lowest BCUT2D eigenvalue weighted by Crippen LogP contribution is -2.22. The van der Waals surface area contributed by atoms with E-state index < -0.39 is 0 Å². The molecule has 0 spiro atoms. The van der Waals surface area contributed by atoms with Crippen molar-refractivity contribution in [3.63, 3.8) is 0 Å². The molecule has 1 unspecified atom stereocenters. The van der Waals surface area contributed by atoms with E-state index in [1.807, 2.05) is 6.20 Å². The van der Waals surface area contributed by atoms with Crippen molar-refractivity contribution in [1.29, 1.82) is 0 Å². The molecule has 82 valence electrons. The summed E-state index contributed by atoms with van der Waals surface area (Å²) in [5.41, 5.74) is 1.22. The standard InChI is InChI=1S/C13H20N2/c1-3-4-12(11-6-7-11)15-13-8-5-10(2)9-14-13/h5,8-9,11-12H,3-4,6-7H2,1-2H3,(H,14,15). The highest BCUT2D eigenvalue weighted by Gasteiger charge is 2.30. The summed E-state index contributed by atoms with van der Waals surface area (Å²) in [4.78, 5) is 4.40. The zero-order valence-electron chi connectivity index (χ0n) is 9.66. The summed E-state index contributed by atoms with van der Waals surface area (Å²) < 4.78 is 0. The molecule has 1 aromatic heterocycles. The van der Waals surface area contributed by atoms with Crippen molar-refractivity contribution in [1.82, 2.24) is 4.98 Å². The lowest BCUT2D eigenvalue weighted by atomic mass is 10.1. The molecule has 1 N–H and O–H groups in total. The number of rotatable bonds is 5. The van der Waals surface area contributed by atoms with Crippen molar-refractivity contribution >= 4 is 5.82 Å². The van der Waals surface area contributed by atoms with E-state index in [1.165, 1.54) is 31.2 Å². The van der Waals surface area contributed by atoms with Crippen LogP contribution in [0.2, 0.25) is 0 Å². The lowest BCUT2D eigenvalue weighted by molar-refractivity contribution is 0.576. The molecule has 2 heteroatoms. The average molecular weight is 204 g/mol. The Morgan fingerprint density at radius 2 is 2.27 bits per heavy atom. The van der Waals surface area contributed by atoms with E-state index in [1.54, 1.807) is 0 Å². The predicted molar refractivity (Wildman–Crippen MR) is 64.0 cm³/mol. The van der Waals surface area contributed by atoms with E-state index in [2.05, 4.69) is 36.3 Å². The summed E-state index contributed by atoms with van der Waals surface area (Å²) in [7, 11) is 0. The minimum absolute atomic E-state index is 0.644. The van der Waals surface area contributed by atoms with Crippen molar-refractivity contribution in [2.45, 2.75) is 45.6 Å². The van der Waals surface area contributed by atoms with Crippen LogP contribution in [0.3, 0.4) is 0 Å². The van der Waals surface area contributed by atoms with Crippen LogP contribution < -0.4 is 5.32 Å². The van der Waals surface area contributed by atoms with Crippen molar-refractivity contribution in [3.05, 3.63) is 23.9 Å². The quantitative estimate of drug-likeness (QED) is 0.795. The molecule has 0 amide bonds. The van der Waals surface area contributed by atoms with Gasteiger partial charge in [-0.25, -0.2) is 4.98 Å². The van der Waals surface area contributed by atoms with Gasteiger partial charge in [-0.2, -0.15) is 0 Å². The second-order valence-corrected chi connectivity index (χ2v) is 4.60. The molecule has 1 aromatic rings. The largest absolute Gasteiger partial charge is 0.367 e. The van der Waals surface area contributed by atoms with Gasteiger partial charge in [-0.15, -0.1) is 0 Å². The van der Waals surface area contributed by atoms with Gasteiger partial charge in [0.15, 0.2) is 0 Å². The molecule has 0 aromatic carbocycles. The van der Waals surface area contributed by atoms with E-state index in [9.17, 15) is 0 Å². The Labute approximate surface area is 92.1 Å². The zero-order valence-corrected chi connectivity index (χ0v) is 9.66. The minimum atomic E-state index is 0.644. The molecule has 1 atom stereocenters. The third-order valence-corrected chi connectivity index (χ3v) is 3.04. The summed E-state index contributed by atoms with van der Waals surface area (Å²) in [6, 6.07) is 4.84. The van der Waals surface area contributed by atoms with E-state index in [4.69, 9.17) is 0 Å². The fourth-order valence-corrected chi connectivity index (χ4v) is 1.98. The number of anilines is 1. The molecule has 0 aliphatic heterocycles. The van der Waals surface area contributed by atoms with Crippen LogP contribution in [-0.4, -0.2) is 11.0 Å². The van der Waals surface area contributed by atoms with E-state index in [-0.39, 0.29) is 0 Å². The van der Waals surface area contributed by atoms with Crippen molar-refractivity contribution < 1.29 is 0 Å². The fraction of sp³-hybridized carbons (Fsp3) is 0.615. The summed E-state index contributed by atoms with van der Waals surface area (Å²) in [6.07, 6.45) is 7.23. The van der Waals surface area contributed by atoms with Crippen molar-refractivity contribution in [2.24, 2.45) is 5.92 Å².